The van der Waals surface area contributed by atoms with E-state index in [2.05, 4.69) is 59.3 Å². The minimum Gasteiger partial charge on any atom is -0.284 e. The Morgan fingerprint density at radius 3 is 2.48 bits per heavy atom. The van der Waals surface area contributed by atoms with Crippen LogP contribution < -0.4 is 4.72 Å². The molecule has 0 radical (unpaired) electrons. The van der Waals surface area contributed by atoms with Crippen LogP contribution in [0.5, 0.6) is 0 Å². The van der Waals surface area contributed by atoms with E-state index in [1.165, 1.54) is 21.6 Å². The van der Waals surface area contributed by atoms with E-state index >= 15 is 0 Å². The van der Waals surface area contributed by atoms with Gasteiger partial charge in [0.05, 0.1) is 6.26 Å². The zero-order chi connectivity index (χ0) is 18.9. The Morgan fingerprint density at radius 1 is 0.926 bits per heavy atom. The number of thioether (sulfide) groups is 1. The van der Waals surface area contributed by atoms with Gasteiger partial charge < -0.3 is 0 Å². The molecular weight excluding hydrogens is 374 g/mol. The predicted octanol–water partition coefficient (Wildman–Crippen LogP) is 5.25. The molecule has 0 saturated carbocycles. The van der Waals surface area contributed by atoms with Crippen LogP contribution in [0.2, 0.25) is 0 Å². The van der Waals surface area contributed by atoms with Gasteiger partial charge in [0.2, 0.25) is 10.0 Å². The average molecular weight is 394 g/mol. The van der Waals surface area contributed by atoms with Crippen LogP contribution in [-0.2, 0) is 15.8 Å². The van der Waals surface area contributed by atoms with E-state index in [0.717, 1.165) is 23.1 Å². The van der Waals surface area contributed by atoms with E-state index in [9.17, 15) is 8.42 Å². The summed E-state index contributed by atoms with van der Waals surface area (Å²) in [5, 5.41) is 0. The highest BCUT2D eigenvalue weighted by Crippen LogP contribution is 2.40. The molecule has 3 aromatic carbocycles. The highest BCUT2D eigenvalue weighted by molar-refractivity contribution is 7.98. The molecule has 0 fully saturated rings. The first-order valence-electron chi connectivity index (χ1n) is 8.60. The molecule has 1 aliphatic heterocycles. The number of rotatable bonds is 3. The lowest BCUT2D eigenvalue weighted by Crippen LogP contribution is -2.09. The van der Waals surface area contributed by atoms with Crippen LogP contribution in [0.25, 0.3) is 11.6 Å². The standard InChI is InChI=1S/C22H19NO2S2/c1-27(24,25)23-18-9-6-7-16(13-18)14-21-19-10-3-2-8-17(19)15-26-22-12-5-4-11-20(21)22/h2-14,23H,15H2,1H3. The van der Waals surface area contributed by atoms with Gasteiger partial charge in [0.15, 0.2) is 0 Å². The number of benzene rings is 3. The van der Waals surface area contributed by atoms with Crippen LogP contribution >= 0.6 is 11.8 Å². The summed E-state index contributed by atoms with van der Waals surface area (Å²) in [5.41, 5.74) is 6.40. The minimum absolute atomic E-state index is 0.566. The van der Waals surface area contributed by atoms with Crippen LogP contribution in [0.15, 0.2) is 77.7 Å². The van der Waals surface area contributed by atoms with Crippen molar-refractivity contribution in [3.05, 3.63) is 95.1 Å². The van der Waals surface area contributed by atoms with Crippen LogP contribution in [-0.4, -0.2) is 14.7 Å². The van der Waals surface area contributed by atoms with Crippen molar-refractivity contribution in [3.63, 3.8) is 0 Å². The molecule has 136 valence electrons. The molecule has 5 heteroatoms. The van der Waals surface area contributed by atoms with Gasteiger partial charge in [-0.3, -0.25) is 4.72 Å². The topological polar surface area (TPSA) is 46.2 Å². The molecule has 0 aromatic heterocycles. The van der Waals surface area contributed by atoms with Crippen molar-refractivity contribution in [2.24, 2.45) is 0 Å². The third-order valence-electron chi connectivity index (χ3n) is 4.37. The maximum Gasteiger partial charge on any atom is 0.229 e. The van der Waals surface area contributed by atoms with E-state index in [1.807, 2.05) is 30.0 Å². The predicted molar refractivity (Wildman–Crippen MR) is 114 cm³/mol. The van der Waals surface area contributed by atoms with E-state index in [4.69, 9.17) is 0 Å². The van der Waals surface area contributed by atoms with Gasteiger partial charge >= 0.3 is 0 Å². The van der Waals surface area contributed by atoms with Crippen molar-refractivity contribution in [1.29, 1.82) is 0 Å². The van der Waals surface area contributed by atoms with Crippen molar-refractivity contribution < 1.29 is 8.42 Å². The molecular formula is C22H19NO2S2. The van der Waals surface area contributed by atoms with Crippen LogP contribution in [0.1, 0.15) is 22.3 Å². The molecule has 1 heterocycles. The lowest BCUT2D eigenvalue weighted by molar-refractivity contribution is 0.607. The Balaban J connectivity index is 1.87. The first-order chi connectivity index (χ1) is 13.0. The van der Waals surface area contributed by atoms with Gasteiger partial charge in [-0.2, -0.15) is 0 Å². The van der Waals surface area contributed by atoms with Gasteiger partial charge in [-0.05, 0) is 52.1 Å². The van der Waals surface area contributed by atoms with Crippen molar-refractivity contribution in [2.75, 3.05) is 11.0 Å². The third-order valence-corrected chi connectivity index (χ3v) is 6.10. The van der Waals surface area contributed by atoms with Gasteiger partial charge in [-0.15, -0.1) is 11.8 Å². The summed E-state index contributed by atoms with van der Waals surface area (Å²) in [4.78, 5) is 1.25. The molecule has 0 saturated heterocycles. The molecule has 4 rings (SSSR count). The number of hydrogen-bond acceptors (Lipinski definition) is 3. The average Bonchev–Trinajstić information content (AvgIpc) is 2.79. The fourth-order valence-electron chi connectivity index (χ4n) is 3.25. The zero-order valence-electron chi connectivity index (χ0n) is 14.8. The van der Waals surface area contributed by atoms with Crippen LogP contribution in [0.4, 0.5) is 5.69 Å². The first kappa shape index (κ1) is 17.9. The normalized spacial score (nSPS) is 14.9. The summed E-state index contributed by atoms with van der Waals surface area (Å²) < 4.78 is 25.6. The van der Waals surface area contributed by atoms with Crippen LogP contribution in [0.3, 0.4) is 0 Å². The number of nitrogens with one attached hydrogen (secondary N) is 1. The van der Waals surface area contributed by atoms with Gasteiger partial charge in [0, 0.05) is 16.3 Å². The molecule has 1 N–H and O–H groups in total. The Morgan fingerprint density at radius 2 is 1.67 bits per heavy atom. The van der Waals surface area contributed by atoms with Crippen molar-refractivity contribution in [2.45, 2.75) is 10.6 Å². The Kier molecular flexibility index (Phi) is 4.81. The molecule has 0 aliphatic carbocycles. The summed E-state index contributed by atoms with van der Waals surface area (Å²) in [6, 6.07) is 24.4. The lowest BCUT2D eigenvalue weighted by atomic mass is 9.92. The fourth-order valence-corrected chi connectivity index (χ4v) is 4.88. The third kappa shape index (κ3) is 4.10. The van der Waals surface area contributed by atoms with Gasteiger partial charge in [-0.25, -0.2) is 8.42 Å². The monoisotopic (exact) mass is 393 g/mol. The maximum absolute atomic E-state index is 11.5. The number of sulfonamides is 1. The Hall–Kier alpha value is -2.50. The molecule has 3 aromatic rings. The van der Waals surface area contributed by atoms with Crippen LogP contribution in [0, 0.1) is 0 Å². The Labute approximate surface area is 164 Å². The second kappa shape index (κ2) is 7.25. The summed E-state index contributed by atoms with van der Waals surface area (Å²) in [6.45, 7) is 0. The molecule has 1 aliphatic rings. The fraction of sp³-hybridized carbons (Fsp3) is 0.0909. The molecule has 0 atom stereocenters. The first-order valence-corrected chi connectivity index (χ1v) is 11.5. The second-order valence-corrected chi connectivity index (χ2v) is 9.27. The molecule has 0 bridgehead atoms. The lowest BCUT2D eigenvalue weighted by Gasteiger charge is -2.12. The van der Waals surface area contributed by atoms with Gasteiger partial charge in [0.1, 0.15) is 0 Å². The Bertz CT molecular complexity index is 1080. The van der Waals surface area contributed by atoms with Crippen molar-refractivity contribution >= 4 is 39.1 Å². The molecule has 3 nitrogen and oxygen atoms in total. The maximum atomic E-state index is 11.5. The summed E-state index contributed by atoms with van der Waals surface area (Å²) in [7, 11) is -3.30. The number of hydrogen-bond donors (Lipinski definition) is 1. The number of fused-ring (bicyclic) bond motifs is 2. The molecule has 27 heavy (non-hydrogen) atoms. The highest BCUT2D eigenvalue weighted by Gasteiger charge is 2.18. The smallest absolute Gasteiger partial charge is 0.229 e. The largest absolute Gasteiger partial charge is 0.284 e. The number of anilines is 1. The molecule has 0 amide bonds. The second-order valence-electron chi connectivity index (χ2n) is 6.50. The van der Waals surface area contributed by atoms with Crippen molar-refractivity contribution in [1.82, 2.24) is 0 Å². The van der Waals surface area contributed by atoms with E-state index < -0.39 is 10.0 Å². The van der Waals surface area contributed by atoms with Gasteiger partial charge in [-0.1, -0.05) is 54.6 Å². The molecule has 0 unspecified atom stereocenters. The summed E-state index contributed by atoms with van der Waals surface area (Å²) in [5.74, 6) is 0.931. The summed E-state index contributed by atoms with van der Waals surface area (Å²) in [6.07, 6.45) is 3.30. The SMILES string of the molecule is CS(=O)(=O)Nc1cccc(C=C2c3ccccc3CSc3ccccc32)c1. The van der Waals surface area contributed by atoms with Gasteiger partial charge in [0.25, 0.3) is 0 Å². The van der Waals surface area contributed by atoms with E-state index in [0.29, 0.717) is 5.69 Å². The summed E-state index contributed by atoms with van der Waals surface area (Å²) >= 11 is 1.85. The van der Waals surface area contributed by atoms with Crippen molar-refractivity contribution in [3.8, 4) is 0 Å². The highest BCUT2D eigenvalue weighted by atomic mass is 32.2. The quantitative estimate of drug-likeness (QED) is 0.661. The minimum atomic E-state index is -3.30. The van der Waals surface area contributed by atoms with E-state index in [1.54, 1.807) is 6.07 Å². The van der Waals surface area contributed by atoms with E-state index in [-0.39, 0.29) is 0 Å². The zero-order valence-corrected chi connectivity index (χ0v) is 16.5. The molecule has 0 spiro atoms.